The third-order valence-corrected chi connectivity index (χ3v) is 4.40. The quantitative estimate of drug-likeness (QED) is 0.725. The molecule has 3 heteroatoms. The van der Waals surface area contributed by atoms with Crippen LogP contribution in [0, 0.1) is 11.3 Å². The lowest BCUT2D eigenvalue weighted by atomic mass is 9.87. The van der Waals surface area contributed by atoms with Crippen LogP contribution in [0.3, 0.4) is 0 Å². The van der Waals surface area contributed by atoms with Crippen molar-refractivity contribution in [2.45, 2.75) is 40.0 Å². The van der Waals surface area contributed by atoms with E-state index in [-0.39, 0.29) is 5.41 Å². The standard InChI is InChI=1S/C12H22BrNO/c1-4-12(2,3)11(15)14-7-5-6-10(8-13)9-14/h10H,4-9H2,1-3H3. The monoisotopic (exact) mass is 275 g/mol. The third-order valence-electron chi connectivity index (χ3n) is 3.49. The number of carbonyl (C=O) groups excluding carboxylic acids is 1. The van der Waals surface area contributed by atoms with Gasteiger partial charge in [-0.05, 0) is 25.2 Å². The molecule has 1 fully saturated rings. The number of alkyl halides is 1. The van der Waals surface area contributed by atoms with Crippen LogP contribution in [-0.2, 0) is 4.79 Å². The first-order valence-electron chi connectivity index (χ1n) is 5.86. The summed E-state index contributed by atoms with van der Waals surface area (Å²) in [6, 6.07) is 0. The summed E-state index contributed by atoms with van der Waals surface area (Å²) in [5.41, 5.74) is -0.186. The van der Waals surface area contributed by atoms with Gasteiger partial charge in [0.2, 0.25) is 5.91 Å². The molecule has 0 aromatic heterocycles. The minimum atomic E-state index is -0.186. The molecule has 0 bridgehead atoms. The van der Waals surface area contributed by atoms with Crippen molar-refractivity contribution in [1.29, 1.82) is 0 Å². The Morgan fingerprint density at radius 2 is 2.20 bits per heavy atom. The van der Waals surface area contributed by atoms with Gasteiger partial charge in [-0.2, -0.15) is 0 Å². The van der Waals surface area contributed by atoms with Crippen molar-refractivity contribution >= 4 is 21.8 Å². The summed E-state index contributed by atoms with van der Waals surface area (Å²) in [7, 11) is 0. The SMILES string of the molecule is CCC(C)(C)C(=O)N1CCCC(CBr)C1. The Balaban J connectivity index is 2.60. The van der Waals surface area contributed by atoms with E-state index in [1.54, 1.807) is 0 Å². The van der Waals surface area contributed by atoms with Crippen molar-refractivity contribution < 1.29 is 4.79 Å². The van der Waals surface area contributed by atoms with Crippen LogP contribution in [0.4, 0.5) is 0 Å². The first-order valence-corrected chi connectivity index (χ1v) is 6.98. The lowest BCUT2D eigenvalue weighted by Gasteiger charge is -2.36. The van der Waals surface area contributed by atoms with Crippen molar-refractivity contribution in [2.24, 2.45) is 11.3 Å². The minimum Gasteiger partial charge on any atom is -0.342 e. The second kappa shape index (κ2) is 5.33. The number of hydrogen-bond donors (Lipinski definition) is 0. The van der Waals surface area contributed by atoms with E-state index in [9.17, 15) is 4.79 Å². The van der Waals surface area contributed by atoms with Crippen LogP contribution >= 0.6 is 15.9 Å². The number of piperidine rings is 1. The van der Waals surface area contributed by atoms with Crippen molar-refractivity contribution in [3.8, 4) is 0 Å². The summed E-state index contributed by atoms with van der Waals surface area (Å²) in [4.78, 5) is 14.3. The number of rotatable bonds is 3. The number of carbonyl (C=O) groups is 1. The van der Waals surface area contributed by atoms with E-state index in [4.69, 9.17) is 0 Å². The Kier molecular flexibility index (Phi) is 4.63. The molecular formula is C12H22BrNO. The fourth-order valence-electron chi connectivity index (χ4n) is 1.95. The van der Waals surface area contributed by atoms with E-state index >= 15 is 0 Å². The highest BCUT2D eigenvalue weighted by Crippen LogP contribution is 2.27. The van der Waals surface area contributed by atoms with Gasteiger partial charge in [0.1, 0.15) is 0 Å². The molecule has 0 aromatic rings. The van der Waals surface area contributed by atoms with Crippen molar-refractivity contribution in [1.82, 2.24) is 4.90 Å². The second-order valence-electron chi connectivity index (χ2n) is 5.15. The maximum Gasteiger partial charge on any atom is 0.228 e. The Morgan fingerprint density at radius 1 is 1.53 bits per heavy atom. The lowest BCUT2D eigenvalue weighted by molar-refractivity contribution is -0.142. The summed E-state index contributed by atoms with van der Waals surface area (Å²) < 4.78 is 0. The van der Waals surface area contributed by atoms with Gasteiger partial charge < -0.3 is 4.90 Å². The number of nitrogens with zero attached hydrogens (tertiary/aromatic N) is 1. The van der Waals surface area contributed by atoms with Gasteiger partial charge in [-0.15, -0.1) is 0 Å². The zero-order valence-corrected chi connectivity index (χ0v) is 11.6. The molecule has 0 saturated carbocycles. The lowest BCUT2D eigenvalue weighted by Crippen LogP contribution is -2.46. The zero-order valence-electron chi connectivity index (χ0n) is 10.1. The molecule has 0 aromatic carbocycles. The van der Waals surface area contributed by atoms with E-state index in [1.165, 1.54) is 6.42 Å². The molecule has 1 amide bonds. The Hall–Kier alpha value is -0.0500. The van der Waals surface area contributed by atoms with Gasteiger partial charge in [0.15, 0.2) is 0 Å². The molecule has 1 saturated heterocycles. The Labute approximate surface area is 102 Å². The van der Waals surface area contributed by atoms with Crippen LogP contribution in [0.25, 0.3) is 0 Å². The van der Waals surface area contributed by atoms with E-state index in [2.05, 4.69) is 27.8 Å². The van der Waals surface area contributed by atoms with E-state index in [1.807, 2.05) is 13.8 Å². The molecule has 0 N–H and O–H groups in total. The predicted molar refractivity (Wildman–Crippen MR) is 67.2 cm³/mol. The normalized spacial score (nSPS) is 22.9. The third kappa shape index (κ3) is 3.20. The van der Waals surface area contributed by atoms with Gasteiger partial charge in [0, 0.05) is 23.8 Å². The molecule has 1 rings (SSSR count). The molecule has 0 radical (unpaired) electrons. The van der Waals surface area contributed by atoms with Gasteiger partial charge >= 0.3 is 0 Å². The Bertz CT molecular complexity index is 228. The molecule has 1 atom stereocenters. The largest absolute Gasteiger partial charge is 0.342 e. The van der Waals surface area contributed by atoms with Gasteiger partial charge in [-0.3, -0.25) is 4.79 Å². The molecule has 2 nitrogen and oxygen atoms in total. The molecule has 1 heterocycles. The van der Waals surface area contributed by atoms with E-state index in [0.29, 0.717) is 11.8 Å². The number of hydrogen-bond acceptors (Lipinski definition) is 1. The molecule has 88 valence electrons. The summed E-state index contributed by atoms with van der Waals surface area (Å²) >= 11 is 3.52. The summed E-state index contributed by atoms with van der Waals surface area (Å²) in [5.74, 6) is 0.978. The summed E-state index contributed by atoms with van der Waals surface area (Å²) in [6.07, 6.45) is 3.32. The summed E-state index contributed by atoms with van der Waals surface area (Å²) in [5, 5.41) is 1.02. The maximum atomic E-state index is 12.2. The van der Waals surface area contributed by atoms with Crippen LogP contribution in [0.1, 0.15) is 40.0 Å². The van der Waals surface area contributed by atoms with Gasteiger partial charge in [0.05, 0.1) is 0 Å². The molecule has 1 unspecified atom stereocenters. The fourth-order valence-corrected chi connectivity index (χ4v) is 2.48. The van der Waals surface area contributed by atoms with Gasteiger partial charge in [-0.1, -0.05) is 36.7 Å². The fraction of sp³-hybridized carbons (Fsp3) is 0.917. The second-order valence-corrected chi connectivity index (χ2v) is 5.80. The average Bonchev–Trinajstić information content (AvgIpc) is 2.28. The van der Waals surface area contributed by atoms with Crippen LogP contribution in [0.15, 0.2) is 0 Å². The first-order chi connectivity index (χ1) is 7.01. The molecular weight excluding hydrogens is 254 g/mol. The topological polar surface area (TPSA) is 20.3 Å². The van der Waals surface area contributed by atoms with Crippen LogP contribution in [-0.4, -0.2) is 29.2 Å². The molecule has 0 spiro atoms. The zero-order chi connectivity index (χ0) is 11.5. The number of amides is 1. The number of likely N-dealkylation sites (tertiary alicyclic amines) is 1. The van der Waals surface area contributed by atoms with E-state index in [0.717, 1.165) is 31.3 Å². The van der Waals surface area contributed by atoms with Crippen LogP contribution in [0.5, 0.6) is 0 Å². The molecule has 0 aliphatic carbocycles. The van der Waals surface area contributed by atoms with Gasteiger partial charge in [-0.25, -0.2) is 0 Å². The Morgan fingerprint density at radius 3 is 2.73 bits per heavy atom. The van der Waals surface area contributed by atoms with Crippen molar-refractivity contribution in [2.75, 3.05) is 18.4 Å². The number of halogens is 1. The average molecular weight is 276 g/mol. The van der Waals surface area contributed by atoms with Crippen molar-refractivity contribution in [3.63, 3.8) is 0 Å². The first kappa shape index (κ1) is 13.0. The smallest absolute Gasteiger partial charge is 0.228 e. The highest BCUT2D eigenvalue weighted by molar-refractivity contribution is 9.09. The summed E-state index contributed by atoms with van der Waals surface area (Å²) in [6.45, 7) is 8.07. The van der Waals surface area contributed by atoms with E-state index < -0.39 is 0 Å². The maximum absolute atomic E-state index is 12.2. The highest BCUT2D eigenvalue weighted by atomic mass is 79.9. The molecule has 1 aliphatic rings. The van der Waals surface area contributed by atoms with Crippen molar-refractivity contribution in [3.05, 3.63) is 0 Å². The highest BCUT2D eigenvalue weighted by Gasteiger charge is 2.32. The molecule has 1 aliphatic heterocycles. The predicted octanol–water partition coefficient (Wildman–Crippen LogP) is 3.06. The van der Waals surface area contributed by atoms with Crippen LogP contribution < -0.4 is 0 Å². The molecule has 15 heavy (non-hydrogen) atoms. The van der Waals surface area contributed by atoms with Crippen LogP contribution in [0.2, 0.25) is 0 Å². The minimum absolute atomic E-state index is 0.186. The van der Waals surface area contributed by atoms with Gasteiger partial charge in [0.25, 0.3) is 0 Å².